The molecule has 2 nitrogen and oxygen atoms in total. The van der Waals surface area contributed by atoms with Gasteiger partial charge in [-0.2, -0.15) is 0 Å². The molecule has 0 saturated carbocycles. The second-order valence-electron chi connectivity index (χ2n) is 2.06. The van der Waals surface area contributed by atoms with Crippen LogP contribution in [0.4, 0.5) is 8.78 Å². The number of alkyl halides is 2. The first-order valence-corrected chi connectivity index (χ1v) is 4.20. The average molecular weight is 285 g/mol. The molecular weight excluding hydrogens is 279 g/mol. The molecule has 5 heteroatoms. The average Bonchev–Trinajstić information content (AvgIpc) is 2.04. The molecule has 0 bridgehead atoms. The summed E-state index contributed by atoms with van der Waals surface area (Å²) in [5, 5.41) is 0. The highest BCUT2D eigenvalue weighted by atomic mass is 127. The summed E-state index contributed by atoms with van der Waals surface area (Å²) in [6, 6.07) is 1.36. The van der Waals surface area contributed by atoms with E-state index < -0.39 is 6.43 Å². The molecule has 0 aromatic carbocycles. The molecule has 1 heterocycles. The third-order valence-corrected chi connectivity index (χ3v) is 2.05. The van der Waals surface area contributed by atoms with Gasteiger partial charge in [0.1, 0.15) is 0 Å². The molecule has 0 unspecified atom stereocenters. The number of pyridine rings is 1. The van der Waals surface area contributed by atoms with Gasteiger partial charge in [0.15, 0.2) is 0 Å². The predicted molar refractivity (Wildman–Crippen MR) is 48.5 cm³/mol. The first-order chi connectivity index (χ1) is 5.65. The fourth-order valence-electron chi connectivity index (χ4n) is 0.710. The number of nitrogens with zero attached hydrogens (tertiary/aromatic N) is 1. The smallest absolute Gasteiger partial charge is 0.265 e. The number of hydrogen-bond acceptors (Lipinski definition) is 2. The Labute approximate surface area is 82.1 Å². The summed E-state index contributed by atoms with van der Waals surface area (Å²) in [7, 11) is 1.45. The fourth-order valence-corrected chi connectivity index (χ4v) is 1.43. The molecule has 12 heavy (non-hydrogen) atoms. The molecule has 1 aromatic rings. The number of ether oxygens (including phenoxy) is 1. The SMILES string of the molecule is COc1ncc(C(F)F)cc1I. The quantitative estimate of drug-likeness (QED) is 0.779. The van der Waals surface area contributed by atoms with Crippen molar-refractivity contribution in [1.29, 1.82) is 0 Å². The molecule has 0 atom stereocenters. The predicted octanol–water partition coefficient (Wildman–Crippen LogP) is 2.63. The monoisotopic (exact) mass is 285 g/mol. The molecule has 0 saturated heterocycles. The summed E-state index contributed by atoms with van der Waals surface area (Å²) < 4.78 is 29.6. The van der Waals surface area contributed by atoms with Crippen molar-refractivity contribution in [3.05, 3.63) is 21.4 Å². The normalized spacial score (nSPS) is 10.4. The van der Waals surface area contributed by atoms with Gasteiger partial charge in [-0.25, -0.2) is 13.8 Å². The second kappa shape index (κ2) is 3.97. The highest BCUT2D eigenvalue weighted by Crippen LogP contribution is 2.24. The lowest BCUT2D eigenvalue weighted by atomic mass is 10.3. The number of rotatable bonds is 2. The Kier molecular flexibility index (Phi) is 3.19. The van der Waals surface area contributed by atoms with Crippen LogP contribution in [-0.2, 0) is 0 Å². The summed E-state index contributed by atoms with van der Waals surface area (Å²) in [5.41, 5.74) is -0.0831. The summed E-state index contributed by atoms with van der Waals surface area (Å²) in [5.74, 6) is 0.375. The van der Waals surface area contributed by atoms with Crippen LogP contribution in [0.5, 0.6) is 5.88 Å². The van der Waals surface area contributed by atoms with Crippen LogP contribution in [-0.4, -0.2) is 12.1 Å². The van der Waals surface area contributed by atoms with E-state index in [4.69, 9.17) is 4.74 Å². The minimum Gasteiger partial charge on any atom is -0.480 e. The first-order valence-electron chi connectivity index (χ1n) is 3.12. The van der Waals surface area contributed by atoms with E-state index in [1.165, 1.54) is 13.2 Å². The van der Waals surface area contributed by atoms with Gasteiger partial charge in [-0.05, 0) is 28.7 Å². The fraction of sp³-hybridized carbons (Fsp3) is 0.286. The van der Waals surface area contributed by atoms with Gasteiger partial charge in [-0.3, -0.25) is 0 Å². The third-order valence-electron chi connectivity index (χ3n) is 1.27. The van der Waals surface area contributed by atoms with Gasteiger partial charge in [0.25, 0.3) is 6.43 Å². The lowest BCUT2D eigenvalue weighted by Crippen LogP contribution is -1.93. The molecule has 0 aliphatic carbocycles. The summed E-state index contributed by atoms with van der Waals surface area (Å²) >= 11 is 1.90. The summed E-state index contributed by atoms with van der Waals surface area (Å²) in [6.07, 6.45) is -1.36. The van der Waals surface area contributed by atoms with Crippen molar-refractivity contribution in [2.45, 2.75) is 6.43 Å². The maximum atomic E-state index is 12.1. The van der Waals surface area contributed by atoms with Gasteiger partial charge in [0, 0.05) is 11.8 Å². The van der Waals surface area contributed by atoms with E-state index in [-0.39, 0.29) is 5.56 Å². The zero-order valence-corrected chi connectivity index (χ0v) is 8.38. The Morgan fingerprint density at radius 3 is 2.67 bits per heavy atom. The summed E-state index contributed by atoms with van der Waals surface area (Å²) in [6.45, 7) is 0. The Morgan fingerprint density at radius 2 is 2.25 bits per heavy atom. The summed E-state index contributed by atoms with van der Waals surface area (Å²) in [4.78, 5) is 3.71. The van der Waals surface area contributed by atoms with Crippen molar-refractivity contribution in [3.8, 4) is 5.88 Å². The van der Waals surface area contributed by atoms with Crippen LogP contribution >= 0.6 is 22.6 Å². The van der Waals surface area contributed by atoms with Crippen molar-refractivity contribution in [1.82, 2.24) is 4.98 Å². The van der Waals surface area contributed by atoms with Crippen LogP contribution in [0.3, 0.4) is 0 Å². The van der Waals surface area contributed by atoms with Crippen molar-refractivity contribution in [3.63, 3.8) is 0 Å². The molecule has 0 aliphatic heterocycles. The largest absolute Gasteiger partial charge is 0.480 e. The minimum absolute atomic E-state index is 0.0831. The van der Waals surface area contributed by atoms with Crippen LogP contribution in [0.2, 0.25) is 0 Å². The molecule has 0 spiro atoms. The van der Waals surface area contributed by atoms with E-state index in [0.29, 0.717) is 9.45 Å². The van der Waals surface area contributed by atoms with Gasteiger partial charge < -0.3 is 4.74 Å². The van der Waals surface area contributed by atoms with Gasteiger partial charge in [0.2, 0.25) is 5.88 Å². The Hall–Kier alpha value is -0.460. The van der Waals surface area contributed by atoms with Gasteiger partial charge >= 0.3 is 0 Å². The maximum absolute atomic E-state index is 12.1. The van der Waals surface area contributed by atoms with Crippen LogP contribution in [0.15, 0.2) is 12.3 Å². The van der Waals surface area contributed by atoms with E-state index >= 15 is 0 Å². The molecule has 1 aromatic heterocycles. The van der Waals surface area contributed by atoms with E-state index in [9.17, 15) is 8.78 Å². The molecular formula is C7H6F2INO. The molecule has 0 aliphatic rings. The Bertz CT molecular complexity index is 280. The van der Waals surface area contributed by atoms with Gasteiger partial charge in [-0.15, -0.1) is 0 Å². The van der Waals surface area contributed by atoms with Crippen LogP contribution in [0, 0.1) is 3.57 Å². The second-order valence-corrected chi connectivity index (χ2v) is 3.22. The molecule has 1 rings (SSSR count). The standard InChI is InChI=1S/C7H6F2INO/c1-12-7-5(10)2-4(3-11-7)6(8)9/h2-3,6H,1H3. The number of halogens is 3. The number of methoxy groups -OCH3 is 1. The lowest BCUT2D eigenvalue weighted by molar-refractivity contribution is 0.150. The maximum Gasteiger partial charge on any atom is 0.265 e. The van der Waals surface area contributed by atoms with E-state index in [0.717, 1.165) is 6.20 Å². The first kappa shape index (κ1) is 9.63. The molecule has 0 N–H and O–H groups in total. The number of hydrogen-bond donors (Lipinski definition) is 0. The van der Waals surface area contributed by atoms with Crippen molar-refractivity contribution in [2.24, 2.45) is 0 Å². The molecule has 0 fully saturated rings. The highest BCUT2D eigenvalue weighted by molar-refractivity contribution is 14.1. The molecule has 0 radical (unpaired) electrons. The van der Waals surface area contributed by atoms with E-state index in [1.807, 2.05) is 22.6 Å². The Morgan fingerprint density at radius 1 is 1.58 bits per heavy atom. The van der Waals surface area contributed by atoms with Gasteiger partial charge in [-0.1, -0.05) is 0 Å². The van der Waals surface area contributed by atoms with E-state index in [1.54, 1.807) is 0 Å². The topological polar surface area (TPSA) is 22.1 Å². The lowest BCUT2D eigenvalue weighted by Gasteiger charge is -2.03. The van der Waals surface area contributed by atoms with Crippen LogP contribution in [0.1, 0.15) is 12.0 Å². The zero-order valence-electron chi connectivity index (χ0n) is 6.22. The number of aromatic nitrogens is 1. The van der Waals surface area contributed by atoms with Crippen molar-refractivity contribution >= 4 is 22.6 Å². The van der Waals surface area contributed by atoms with E-state index in [2.05, 4.69) is 4.98 Å². The van der Waals surface area contributed by atoms with Crippen molar-refractivity contribution in [2.75, 3.05) is 7.11 Å². The highest BCUT2D eigenvalue weighted by Gasteiger charge is 2.10. The van der Waals surface area contributed by atoms with Gasteiger partial charge in [0.05, 0.1) is 10.7 Å². The van der Waals surface area contributed by atoms with Crippen LogP contribution < -0.4 is 4.74 Å². The third kappa shape index (κ3) is 2.02. The minimum atomic E-state index is -2.48. The molecule has 66 valence electrons. The van der Waals surface area contributed by atoms with Crippen LogP contribution in [0.25, 0.3) is 0 Å². The molecule has 0 amide bonds. The van der Waals surface area contributed by atoms with Crippen molar-refractivity contribution < 1.29 is 13.5 Å². The zero-order chi connectivity index (χ0) is 9.14. The Balaban J connectivity index is 3.02.